The van der Waals surface area contributed by atoms with E-state index in [1.165, 1.54) is 0 Å². The number of methoxy groups -OCH3 is 2. The van der Waals surface area contributed by atoms with Crippen LogP contribution in [0, 0.1) is 0 Å². The van der Waals surface area contributed by atoms with Crippen molar-refractivity contribution in [2.45, 2.75) is 0 Å². The molecule has 4 N–H and O–H groups in total. The van der Waals surface area contributed by atoms with Gasteiger partial charge in [-0.25, -0.2) is 4.98 Å². The molecule has 4 aromatic rings. The molecule has 0 bridgehead atoms. The summed E-state index contributed by atoms with van der Waals surface area (Å²) in [4.78, 5) is 13.3. The fraction of sp³-hybridized carbons (Fsp3) is 0.190. The standard InChI is InChI=1S/C21H21N5O3/c1-27-19-7-15-14-6-17(12-5-13(10-24-9-12)29-4-3-22)26-21(23)16(14)11-25-18(15)8-20(19)28-2/h5-11H,3-4,22H2,1-2H3,(H2,23,26). The zero-order chi connectivity index (χ0) is 20.4. The Hall–Kier alpha value is -3.65. The smallest absolute Gasteiger partial charge is 0.162 e. The summed E-state index contributed by atoms with van der Waals surface area (Å²) >= 11 is 0. The molecule has 8 heteroatoms. The van der Waals surface area contributed by atoms with Gasteiger partial charge in [0.15, 0.2) is 11.5 Å². The SMILES string of the molecule is COc1cc2ncc3c(N)nc(-c4cncc(OCCN)c4)cc3c2cc1OC. The number of nitrogen functional groups attached to an aromatic ring is 1. The molecular formula is C21H21N5O3. The fourth-order valence-corrected chi connectivity index (χ4v) is 3.22. The van der Waals surface area contributed by atoms with Crippen molar-refractivity contribution in [2.24, 2.45) is 5.73 Å². The number of benzene rings is 1. The lowest BCUT2D eigenvalue weighted by atomic mass is 10.0. The van der Waals surface area contributed by atoms with Gasteiger partial charge in [0.05, 0.1) is 31.6 Å². The van der Waals surface area contributed by atoms with E-state index >= 15 is 0 Å². The third-order valence-electron chi connectivity index (χ3n) is 4.61. The molecule has 0 spiro atoms. The summed E-state index contributed by atoms with van der Waals surface area (Å²) < 4.78 is 16.4. The first-order valence-corrected chi connectivity index (χ1v) is 9.04. The highest BCUT2D eigenvalue weighted by molar-refractivity contribution is 6.10. The van der Waals surface area contributed by atoms with E-state index in [-0.39, 0.29) is 0 Å². The van der Waals surface area contributed by atoms with Crippen LogP contribution < -0.4 is 25.7 Å². The summed E-state index contributed by atoms with van der Waals surface area (Å²) in [6, 6.07) is 7.56. The Labute approximate surface area is 167 Å². The van der Waals surface area contributed by atoms with E-state index < -0.39 is 0 Å². The minimum Gasteiger partial charge on any atom is -0.493 e. The molecule has 3 aromatic heterocycles. The normalized spacial score (nSPS) is 11.0. The molecule has 0 saturated heterocycles. The van der Waals surface area contributed by atoms with Crippen LogP contribution in [0.1, 0.15) is 0 Å². The second-order valence-corrected chi connectivity index (χ2v) is 6.38. The molecule has 0 atom stereocenters. The Morgan fingerprint density at radius 1 is 0.897 bits per heavy atom. The molecule has 29 heavy (non-hydrogen) atoms. The summed E-state index contributed by atoms with van der Waals surface area (Å²) in [7, 11) is 3.19. The van der Waals surface area contributed by atoms with Crippen molar-refractivity contribution in [3.63, 3.8) is 0 Å². The monoisotopic (exact) mass is 391 g/mol. The Bertz CT molecular complexity index is 1200. The highest BCUT2D eigenvalue weighted by atomic mass is 16.5. The second kappa shape index (κ2) is 7.76. The molecule has 0 aliphatic rings. The highest BCUT2D eigenvalue weighted by Crippen LogP contribution is 2.37. The van der Waals surface area contributed by atoms with Crippen LogP contribution in [0.4, 0.5) is 5.82 Å². The molecule has 8 nitrogen and oxygen atoms in total. The lowest BCUT2D eigenvalue weighted by Crippen LogP contribution is -2.10. The van der Waals surface area contributed by atoms with Gasteiger partial charge in [-0.1, -0.05) is 0 Å². The van der Waals surface area contributed by atoms with Gasteiger partial charge in [-0.05, 0) is 23.6 Å². The van der Waals surface area contributed by atoms with Crippen LogP contribution in [-0.4, -0.2) is 42.3 Å². The van der Waals surface area contributed by atoms with Gasteiger partial charge in [-0.2, -0.15) is 0 Å². The molecule has 0 aliphatic heterocycles. The highest BCUT2D eigenvalue weighted by Gasteiger charge is 2.13. The number of ether oxygens (including phenoxy) is 3. The second-order valence-electron chi connectivity index (χ2n) is 6.38. The Morgan fingerprint density at radius 3 is 2.45 bits per heavy atom. The largest absolute Gasteiger partial charge is 0.493 e. The van der Waals surface area contributed by atoms with Crippen molar-refractivity contribution in [1.29, 1.82) is 0 Å². The first kappa shape index (κ1) is 18.7. The summed E-state index contributed by atoms with van der Waals surface area (Å²) in [5.41, 5.74) is 14.0. The van der Waals surface area contributed by atoms with Crippen LogP contribution in [0.3, 0.4) is 0 Å². The van der Waals surface area contributed by atoms with Gasteiger partial charge in [-0.3, -0.25) is 9.97 Å². The number of fused-ring (bicyclic) bond motifs is 3. The lowest BCUT2D eigenvalue weighted by molar-refractivity contribution is 0.327. The average Bonchev–Trinajstić information content (AvgIpc) is 2.76. The Kier molecular flexibility index (Phi) is 5.01. The Morgan fingerprint density at radius 2 is 1.69 bits per heavy atom. The number of anilines is 1. The number of hydrogen-bond donors (Lipinski definition) is 2. The van der Waals surface area contributed by atoms with Crippen LogP contribution >= 0.6 is 0 Å². The molecule has 0 amide bonds. The third kappa shape index (κ3) is 3.45. The van der Waals surface area contributed by atoms with Crippen molar-refractivity contribution in [3.8, 4) is 28.5 Å². The maximum Gasteiger partial charge on any atom is 0.162 e. The maximum atomic E-state index is 6.26. The van der Waals surface area contributed by atoms with Gasteiger partial charge in [0.2, 0.25) is 0 Å². The predicted octanol–water partition coefficient (Wildman–Crippen LogP) is 2.78. The molecule has 0 unspecified atom stereocenters. The van der Waals surface area contributed by atoms with Crippen molar-refractivity contribution in [3.05, 3.63) is 42.9 Å². The van der Waals surface area contributed by atoms with E-state index in [1.54, 1.807) is 32.8 Å². The number of nitrogens with two attached hydrogens (primary N) is 2. The molecule has 0 aliphatic carbocycles. The fourth-order valence-electron chi connectivity index (χ4n) is 3.22. The first-order chi connectivity index (χ1) is 14.1. The van der Waals surface area contributed by atoms with Crippen LogP contribution in [0.25, 0.3) is 32.9 Å². The number of rotatable bonds is 6. The number of aromatic nitrogens is 3. The quantitative estimate of drug-likeness (QED) is 0.482. The molecule has 148 valence electrons. The van der Waals surface area contributed by atoms with E-state index in [1.807, 2.05) is 24.3 Å². The van der Waals surface area contributed by atoms with Gasteiger partial charge in [-0.15, -0.1) is 0 Å². The third-order valence-corrected chi connectivity index (χ3v) is 4.61. The molecular weight excluding hydrogens is 370 g/mol. The molecule has 0 radical (unpaired) electrons. The first-order valence-electron chi connectivity index (χ1n) is 9.04. The minimum atomic E-state index is 0.384. The number of hydrogen-bond acceptors (Lipinski definition) is 8. The minimum absolute atomic E-state index is 0.384. The van der Waals surface area contributed by atoms with Crippen LogP contribution in [0.2, 0.25) is 0 Å². The van der Waals surface area contributed by atoms with E-state index in [2.05, 4.69) is 15.0 Å². The van der Waals surface area contributed by atoms with E-state index in [0.717, 1.165) is 27.2 Å². The van der Waals surface area contributed by atoms with Gasteiger partial charge in [0, 0.05) is 41.3 Å². The lowest BCUT2D eigenvalue weighted by Gasteiger charge is -2.12. The molecule has 0 saturated carbocycles. The van der Waals surface area contributed by atoms with Crippen molar-refractivity contribution < 1.29 is 14.2 Å². The van der Waals surface area contributed by atoms with Crippen molar-refractivity contribution in [2.75, 3.05) is 33.1 Å². The molecule has 3 heterocycles. The summed E-state index contributed by atoms with van der Waals surface area (Å²) in [5.74, 6) is 2.24. The molecule has 1 aromatic carbocycles. The van der Waals surface area contributed by atoms with E-state index in [9.17, 15) is 0 Å². The van der Waals surface area contributed by atoms with Crippen molar-refractivity contribution >= 4 is 27.5 Å². The Balaban J connectivity index is 1.92. The zero-order valence-electron chi connectivity index (χ0n) is 16.2. The van der Waals surface area contributed by atoms with Gasteiger partial charge in [0.25, 0.3) is 0 Å². The number of nitrogens with zero attached hydrogens (tertiary/aromatic N) is 3. The maximum absolute atomic E-state index is 6.26. The van der Waals surface area contributed by atoms with E-state index in [0.29, 0.717) is 41.9 Å². The van der Waals surface area contributed by atoms with Crippen LogP contribution in [-0.2, 0) is 0 Å². The van der Waals surface area contributed by atoms with Crippen LogP contribution in [0.15, 0.2) is 42.9 Å². The molecule has 0 fully saturated rings. The predicted molar refractivity (Wildman–Crippen MR) is 112 cm³/mol. The number of pyridine rings is 3. The van der Waals surface area contributed by atoms with Gasteiger partial charge < -0.3 is 25.7 Å². The topological polar surface area (TPSA) is 118 Å². The van der Waals surface area contributed by atoms with E-state index in [4.69, 9.17) is 25.7 Å². The van der Waals surface area contributed by atoms with Crippen LogP contribution in [0.5, 0.6) is 17.2 Å². The molecule has 4 rings (SSSR count). The zero-order valence-corrected chi connectivity index (χ0v) is 16.2. The van der Waals surface area contributed by atoms with Gasteiger partial charge >= 0.3 is 0 Å². The van der Waals surface area contributed by atoms with Gasteiger partial charge in [0.1, 0.15) is 18.2 Å². The summed E-state index contributed by atoms with van der Waals surface area (Å²) in [5, 5.41) is 2.56. The average molecular weight is 391 g/mol. The summed E-state index contributed by atoms with van der Waals surface area (Å²) in [6.45, 7) is 0.839. The summed E-state index contributed by atoms with van der Waals surface area (Å²) in [6.07, 6.45) is 5.07. The van der Waals surface area contributed by atoms with Crippen molar-refractivity contribution in [1.82, 2.24) is 15.0 Å².